The lowest BCUT2D eigenvalue weighted by atomic mass is 10.0. The largest absolute Gasteiger partial charge is 0.462 e. The average molecular weight is 408 g/mol. The lowest BCUT2D eigenvalue weighted by molar-refractivity contribution is -0.173. The highest BCUT2D eigenvalue weighted by atomic mass is 32.2. The number of nitrogens with one attached hydrogen (secondary N) is 1. The number of ether oxygens (including phenoxy) is 4. The van der Waals surface area contributed by atoms with Gasteiger partial charge in [0.1, 0.15) is 24.2 Å². The van der Waals surface area contributed by atoms with Gasteiger partial charge in [-0.05, 0) is 12.7 Å². The first-order valence-corrected chi connectivity index (χ1v) is 9.63. The van der Waals surface area contributed by atoms with Gasteiger partial charge in [0.15, 0.2) is 12.2 Å². The maximum absolute atomic E-state index is 11.6. The third kappa shape index (κ3) is 7.08. The molecule has 0 bridgehead atoms. The summed E-state index contributed by atoms with van der Waals surface area (Å²) in [7, 11) is 0. The predicted molar refractivity (Wildman–Crippen MR) is 99.7 cm³/mol. The Morgan fingerprint density at radius 2 is 1.81 bits per heavy atom. The SMILES string of the molecule is CCS[C@H]1O[C@@H]([C@@H](COC(C)=O)OC(C)=O)[C@@H](OC(C)=O)[C@H]1NC(C)=S. The van der Waals surface area contributed by atoms with Gasteiger partial charge >= 0.3 is 17.9 Å². The molecule has 1 fully saturated rings. The van der Waals surface area contributed by atoms with E-state index >= 15 is 0 Å². The van der Waals surface area contributed by atoms with Gasteiger partial charge in [0.05, 0.1) is 4.99 Å². The number of hydrogen-bond acceptors (Lipinski definition) is 9. The fourth-order valence-corrected chi connectivity index (χ4v) is 3.71. The number of rotatable bonds is 8. The molecule has 1 rings (SSSR count). The van der Waals surface area contributed by atoms with Crippen LogP contribution < -0.4 is 5.32 Å². The molecule has 0 radical (unpaired) electrons. The fourth-order valence-electron chi connectivity index (χ4n) is 2.61. The van der Waals surface area contributed by atoms with Gasteiger partial charge in [-0.2, -0.15) is 0 Å². The van der Waals surface area contributed by atoms with Gasteiger partial charge in [-0.25, -0.2) is 0 Å². The first kappa shape index (κ1) is 22.7. The first-order valence-electron chi connectivity index (χ1n) is 8.17. The zero-order valence-electron chi connectivity index (χ0n) is 15.5. The lowest BCUT2D eigenvalue weighted by Crippen LogP contribution is -2.51. The summed E-state index contributed by atoms with van der Waals surface area (Å²) in [6.07, 6.45) is -2.50. The summed E-state index contributed by atoms with van der Waals surface area (Å²) < 4.78 is 21.7. The smallest absolute Gasteiger partial charge is 0.303 e. The minimum Gasteiger partial charge on any atom is -0.462 e. The molecule has 0 aromatic heterocycles. The van der Waals surface area contributed by atoms with Gasteiger partial charge in [-0.1, -0.05) is 19.1 Å². The molecule has 0 aromatic rings. The van der Waals surface area contributed by atoms with E-state index in [0.29, 0.717) is 4.99 Å². The molecule has 0 amide bonds. The second-order valence-corrected chi connectivity index (χ2v) is 7.66. The van der Waals surface area contributed by atoms with E-state index in [1.54, 1.807) is 6.92 Å². The van der Waals surface area contributed by atoms with E-state index < -0.39 is 42.3 Å². The average Bonchev–Trinajstić information content (AvgIpc) is 2.80. The molecule has 1 heterocycles. The van der Waals surface area contributed by atoms with Crippen molar-refractivity contribution in [3.05, 3.63) is 0 Å². The standard InChI is InChI=1S/C16H25NO7S2/c1-6-26-16-13(17-8(2)25)15(23-11(5)20)14(24-16)12(22-10(4)19)7-21-9(3)18/h12-16H,6-7H2,1-5H3,(H,17,25)/t12-,13-,14+,15+,16-/m1/s1. The Morgan fingerprint density at radius 3 is 2.27 bits per heavy atom. The van der Waals surface area contributed by atoms with Crippen LogP contribution in [0.15, 0.2) is 0 Å². The normalized spacial score (nSPS) is 25.9. The van der Waals surface area contributed by atoms with E-state index in [-0.39, 0.29) is 12.0 Å². The predicted octanol–water partition coefficient (Wildman–Crippen LogP) is 1.20. The van der Waals surface area contributed by atoms with Crippen molar-refractivity contribution in [2.24, 2.45) is 0 Å². The second kappa shape index (κ2) is 10.7. The third-order valence-electron chi connectivity index (χ3n) is 3.40. The van der Waals surface area contributed by atoms with Crippen molar-refractivity contribution in [2.75, 3.05) is 12.4 Å². The molecular formula is C16H25NO7S2. The highest BCUT2D eigenvalue weighted by Crippen LogP contribution is 2.34. The lowest BCUT2D eigenvalue weighted by Gasteiger charge is -2.28. The van der Waals surface area contributed by atoms with Crippen LogP contribution in [0.3, 0.4) is 0 Å². The maximum Gasteiger partial charge on any atom is 0.303 e. The van der Waals surface area contributed by atoms with E-state index in [0.717, 1.165) is 5.75 Å². The molecule has 0 saturated carbocycles. The summed E-state index contributed by atoms with van der Waals surface area (Å²) in [6, 6.07) is -0.429. The molecule has 26 heavy (non-hydrogen) atoms. The van der Waals surface area contributed by atoms with Crippen LogP contribution >= 0.6 is 24.0 Å². The third-order valence-corrected chi connectivity index (χ3v) is 4.58. The molecular weight excluding hydrogens is 382 g/mol. The summed E-state index contributed by atoms with van der Waals surface area (Å²) in [5.41, 5.74) is -0.386. The molecule has 5 atom stereocenters. The number of esters is 3. The van der Waals surface area contributed by atoms with Crippen LogP contribution in [0.5, 0.6) is 0 Å². The van der Waals surface area contributed by atoms with Crippen molar-refractivity contribution < 1.29 is 33.3 Å². The van der Waals surface area contributed by atoms with Crippen molar-refractivity contribution in [1.29, 1.82) is 0 Å². The summed E-state index contributed by atoms with van der Waals surface area (Å²) >= 11 is 6.62. The molecule has 8 nitrogen and oxygen atoms in total. The zero-order chi connectivity index (χ0) is 19.9. The molecule has 148 valence electrons. The molecule has 1 aliphatic rings. The van der Waals surface area contributed by atoms with Gasteiger partial charge in [0, 0.05) is 20.8 Å². The molecule has 0 spiro atoms. The second-order valence-electron chi connectivity index (χ2n) is 5.68. The van der Waals surface area contributed by atoms with Crippen LogP contribution in [-0.2, 0) is 33.3 Å². The van der Waals surface area contributed by atoms with E-state index in [9.17, 15) is 14.4 Å². The Hall–Kier alpha value is -1.39. The van der Waals surface area contributed by atoms with E-state index in [2.05, 4.69) is 5.32 Å². The summed E-state index contributed by atoms with van der Waals surface area (Å²) in [5.74, 6) is -0.836. The quantitative estimate of drug-likeness (QED) is 0.359. The summed E-state index contributed by atoms with van der Waals surface area (Å²) in [5, 5.41) is 3.10. The van der Waals surface area contributed by atoms with Crippen molar-refractivity contribution in [3.63, 3.8) is 0 Å². The Kier molecular flexibility index (Phi) is 9.31. The van der Waals surface area contributed by atoms with Crippen LogP contribution in [0.2, 0.25) is 0 Å². The van der Waals surface area contributed by atoms with E-state index in [4.69, 9.17) is 31.2 Å². The van der Waals surface area contributed by atoms with Crippen molar-refractivity contribution in [3.8, 4) is 0 Å². The van der Waals surface area contributed by atoms with Crippen molar-refractivity contribution >= 4 is 46.9 Å². The van der Waals surface area contributed by atoms with Crippen LogP contribution in [0, 0.1) is 0 Å². The van der Waals surface area contributed by atoms with Crippen LogP contribution in [0.4, 0.5) is 0 Å². The van der Waals surface area contributed by atoms with E-state index in [1.807, 2.05) is 6.92 Å². The van der Waals surface area contributed by atoms with Gasteiger partial charge in [0.2, 0.25) is 0 Å². The molecule has 0 unspecified atom stereocenters. The van der Waals surface area contributed by atoms with Gasteiger partial charge in [0.25, 0.3) is 0 Å². The number of hydrogen-bond donors (Lipinski definition) is 1. The van der Waals surface area contributed by atoms with Gasteiger partial charge < -0.3 is 24.3 Å². The van der Waals surface area contributed by atoms with Gasteiger partial charge in [-0.15, -0.1) is 11.8 Å². The maximum atomic E-state index is 11.6. The summed E-state index contributed by atoms with van der Waals surface area (Å²) in [4.78, 5) is 34.8. The number of carbonyl (C=O) groups excluding carboxylic acids is 3. The van der Waals surface area contributed by atoms with E-state index in [1.165, 1.54) is 32.5 Å². The van der Waals surface area contributed by atoms with Crippen LogP contribution in [0.1, 0.15) is 34.6 Å². The Bertz CT molecular complexity index is 543. The Morgan fingerprint density at radius 1 is 1.15 bits per heavy atom. The monoisotopic (exact) mass is 407 g/mol. The zero-order valence-corrected chi connectivity index (χ0v) is 17.1. The molecule has 1 N–H and O–H groups in total. The Balaban J connectivity index is 3.13. The number of thiocarbonyl (C=S) groups is 1. The molecule has 0 aromatic carbocycles. The number of thioether (sulfide) groups is 1. The topological polar surface area (TPSA) is 100 Å². The molecule has 1 aliphatic heterocycles. The van der Waals surface area contributed by atoms with Gasteiger partial charge in [-0.3, -0.25) is 14.4 Å². The van der Waals surface area contributed by atoms with Crippen LogP contribution in [-0.4, -0.2) is 65.0 Å². The summed E-state index contributed by atoms with van der Waals surface area (Å²) in [6.45, 7) is 7.25. The Labute approximate surface area is 162 Å². The molecule has 1 saturated heterocycles. The first-order chi connectivity index (χ1) is 12.1. The minimum atomic E-state index is -0.919. The minimum absolute atomic E-state index is 0.204. The van der Waals surface area contributed by atoms with Crippen molar-refractivity contribution in [1.82, 2.24) is 5.32 Å². The fraction of sp³-hybridized carbons (Fsp3) is 0.750. The highest BCUT2D eigenvalue weighted by molar-refractivity contribution is 7.99. The van der Waals surface area contributed by atoms with Crippen molar-refractivity contribution in [2.45, 2.75) is 64.4 Å². The number of carbonyl (C=O) groups is 3. The molecule has 0 aliphatic carbocycles. The highest BCUT2D eigenvalue weighted by Gasteiger charge is 2.51. The van der Waals surface area contributed by atoms with Crippen LogP contribution in [0.25, 0.3) is 0 Å². The molecule has 10 heteroatoms.